The van der Waals surface area contributed by atoms with Crippen molar-refractivity contribution in [2.75, 3.05) is 0 Å². The molecule has 0 radical (unpaired) electrons. The van der Waals surface area contributed by atoms with E-state index in [1.54, 1.807) is 0 Å². The maximum atomic E-state index is 13.1. The molecule has 3 aliphatic carbocycles. The van der Waals surface area contributed by atoms with Crippen molar-refractivity contribution < 1.29 is 13.6 Å². The van der Waals surface area contributed by atoms with Crippen LogP contribution in [0, 0.1) is 17.8 Å². The topological polar surface area (TPSA) is 46.9 Å². The van der Waals surface area contributed by atoms with Crippen LogP contribution in [0.15, 0.2) is 4.47 Å². The number of carbonyl (C=O) groups excluding carboxylic acids is 1. The van der Waals surface area contributed by atoms with E-state index in [4.69, 9.17) is 0 Å². The van der Waals surface area contributed by atoms with Crippen molar-refractivity contribution >= 4 is 21.8 Å². The van der Waals surface area contributed by atoms with Crippen molar-refractivity contribution in [1.82, 2.24) is 15.1 Å². The number of nitrogens with zero attached hydrogens (tertiary/aromatic N) is 2. The first-order valence-corrected chi connectivity index (χ1v) is 10.1. The molecule has 1 aromatic heterocycles. The van der Waals surface area contributed by atoms with Crippen molar-refractivity contribution in [3.8, 4) is 0 Å². The van der Waals surface area contributed by atoms with Gasteiger partial charge in [0, 0.05) is 12.0 Å². The predicted molar refractivity (Wildman–Crippen MR) is 93.4 cm³/mol. The number of aromatic nitrogens is 2. The summed E-state index contributed by atoms with van der Waals surface area (Å²) in [6, 6.07) is 0.140. The van der Waals surface area contributed by atoms with E-state index in [9.17, 15) is 13.6 Å². The highest BCUT2D eigenvalue weighted by Gasteiger charge is 2.42. The van der Waals surface area contributed by atoms with Gasteiger partial charge in [-0.1, -0.05) is 6.42 Å². The minimum atomic E-state index is -2.64. The Morgan fingerprint density at radius 1 is 1.32 bits per heavy atom. The van der Waals surface area contributed by atoms with E-state index >= 15 is 0 Å². The molecule has 1 heterocycles. The van der Waals surface area contributed by atoms with Gasteiger partial charge in [-0.05, 0) is 72.7 Å². The van der Waals surface area contributed by atoms with Crippen LogP contribution in [0.25, 0.3) is 0 Å². The van der Waals surface area contributed by atoms with Gasteiger partial charge in [-0.2, -0.15) is 5.10 Å². The van der Waals surface area contributed by atoms with Crippen LogP contribution in [-0.2, 0) is 11.3 Å². The number of alkyl halides is 2. The molecule has 0 spiro atoms. The average Bonchev–Trinajstić information content (AvgIpc) is 3.02. The summed E-state index contributed by atoms with van der Waals surface area (Å²) >= 11 is 3.26. The maximum Gasteiger partial charge on any atom is 0.283 e. The van der Waals surface area contributed by atoms with Gasteiger partial charge in [0.25, 0.3) is 6.43 Å². The molecule has 0 aromatic carbocycles. The molecule has 1 amide bonds. The minimum Gasteiger partial charge on any atom is -0.352 e. The fraction of sp³-hybridized carbons (Fsp3) is 0.778. The van der Waals surface area contributed by atoms with E-state index < -0.39 is 6.43 Å². The van der Waals surface area contributed by atoms with Gasteiger partial charge in [-0.15, -0.1) is 0 Å². The van der Waals surface area contributed by atoms with E-state index in [0.717, 1.165) is 30.4 Å². The molecule has 3 aliphatic rings. The fourth-order valence-electron chi connectivity index (χ4n) is 4.93. The summed E-state index contributed by atoms with van der Waals surface area (Å²) < 4.78 is 28.1. The predicted octanol–water partition coefficient (Wildman–Crippen LogP) is 4.40. The lowest BCUT2D eigenvalue weighted by molar-refractivity contribution is -0.123. The van der Waals surface area contributed by atoms with Crippen molar-refractivity contribution in [2.45, 2.75) is 70.4 Å². The zero-order valence-corrected chi connectivity index (χ0v) is 15.9. The van der Waals surface area contributed by atoms with Gasteiger partial charge >= 0.3 is 0 Å². The van der Waals surface area contributed by atoms with E-state index in [1.165, 1.54) is 30.4 Å². The number of carbonyl (C=O) groups is 1. The molecule has 1 N–H and O–H groups in total. The average molecular weight is 416 g/mol. The zero-order valence-electron chi connectivity index (χ0n) is 14.4. The number of hydrogen-bond donors (Lipinski definition) is 1. The molecule has 7 heteroatoms. The quantitative estimate of drug-likeness (QED) is 0.747. The molecule has 1 aromatic rings. The first-order chi connectivity index (χ1) is 11.9. The standard InChI is InChI=1S/C18H24BrF2N3O/c1-9(13-7-10-2-3-12(13)6-10)22-14(25)8-24-17(11-4-5-11)15(19)16(23-24)18(20)21/h9-13,18H,2-8H2,1H3,(H,22,25)/t9-,10-,12-,13+/m0/s1. The van der Waals surface area contributed by atoms with Crippen molar-refractivity contribution in [1.29, 1.82) is 0 Å². The van der Waals surface area contributed by atoms with Gasteiger partial charge in [0.2, 0.25) is 5.91 Å². The Balaban J connectivity index is 1.43. The second kappa shape index (κ2) is 6.63. The molecule has 0 saturated heterocycles. The lowest BCUT2D eigenvalue weighted by Crippen LogP contribution is -2.41. The third-order valence-corrected chi connectivity index (χ3v) is 7.06. The van der Waals surface area contributed by atoms with Gasteiger partial charge in [-0.25, -0.2) is 8.78 Å². The van der Waals surface area contributed by atoms with E-state index in [-0.39, 0.29) is 30.1 Å². The number of amides is 1. The number of rotatable bonds is 6. The molecule has 25 heavy (non-hydrogen) atoms. The summed E-state index contributed by atoms with van der Waals surface area (Å²) in [5, 5.41) is 7.11. The molecule has 0 unspecified atom stereocenters. The molecule has 4 atom stereocenters. The Hall–Kier alpha value is -0.980. The zero-order chi connectivity index (χ0) is 17.7. The molecular weight excluding hydrogens is 392 g/mol. The van der Waals surface area contributed by atoms with Crippen LogP contribution in [0.2, 0.25) is 0 Å². The normalized spacial score (nSPS) is 29.4. The van der Waals surface area contributed by atoms with Crippen LogP contribution in [0.1, 0.15) is 69.2 Å². The number of halogens is 3. The smallest absolute Gasteiger partial charge is 0.283 e. The molecule has 3 fully saturated rings. The lowest BCUT2D eigenvalue weighted by Gasteiger charge is -2.28. The monoisotopic (exact) mass is 415 g/mol. The van der Waals surface area contributed by atoms with Gasteiger partial charge in [0.15, 0.2) is 0 Å². The van der Waals surface area contributed by atoms with Gasteiger partial charge < -0.3 is 5.32 Å². The first-order valence-electron chi connectivity index (χ1n) is 9.27. The summed E-state index contributed by atoms with van der Waals surface area (Å²) in [7, 11) is 0. The Kier molecular flexibility index (Phi) is 4.63. The van der Waals surface area contributed by atoms with E-state index in [0.29, 0.717) is 10.4 Å². The highest BCUT2D eigenvalue weighted by atomic mass is 79.9. The number of nitrogens with one attached hydrogen (secondary N) is 1. The van der Waals surface area contributed by atoms with Crippen molar-refractivity contribution in [3.05, 3.63) is 15.9 Å². The van der Waals surface area contributed by atoms with Crippen LogP contribution >= 0.6 is 15.9 Å². The molecule has 4 rings (SSSR count). The van der Waals surface area contributed by atoms with Gasteiger partial charge in [0.1, 0.15) is 12.2 Å². The molecule has 0 aliphatic heterocycles. The van der Waals surface area contributed by atoms with E-state index in [1.807, 2.05) is 0 Å². The highest BCUT2D eigenvalue weighted by Crippen LogP contribution is 2.49. The van der Waals surface area contributed by atoms with Gasteiger partial charge in [0.05, 0.1) is 10.2 Å². The molecule has 138 valence electrons. The van der Waals surface area contributed by atoms with Crippen molar-refractivity contribution in [3.63, 3.8) is 0 Å². The van der Waals surface area contributed by atoms with Crippen molar-refractivity contribution in [2.24, 2.45) is 17.8 Å². The van der Waals surface area contributed by atoms with Crippen LogP contribution in [0.3, 0.4) is 0 Å². The van der Waals surface area contributed by atoms with Crippen LogP contribution < -0.4 is 5.32 Å². The summed E-state index contributed by atoms with van der Waals surface area (Å²) in [4.78, 5) is 12.5. The van der Waals surface area contributed by atoms with Gasteiger partial charge in [-0.3, -0.25) is 9.48 Å². The number of fused-ring (bicyclic) bond motifs is 2. The van der Waals surface area contributed by atoms with Crippen LogP contribution in [-0.4, -0.2) is 21.7 Å². The molecule has 3 saturated carbocycles. The summed E-state index contributed by atoms with van der Waals surface area (Å²) in [5.74, 6) is 2.25. The van der Waals surface area contributed by atoms with Crippen LogP contribution in [0.4, 0.5) is 8.78 Å². The van der Waals surface area contributed by atoms with Crippen LogP contribution in [0.5, 0.6) is 0 Å². The summed E-state index contributed by atoms with van der Waals surface area (Å²) in [5.41, 5.74) is 0.494. The molecule has 4 nitrogen and oxygen atoms in total. The Bertz CT molecular complexity index is 674. The highest BCUT2D eigenvalue weighted by molar-refractivity contribution is 9.10. The summed E-state index contributed by atoms with van der Waals surface area (Å²) in [6.45, 7) is 2.09. The third kappa shape index (κ3) is 3.36. The Labute approximate surface area is 154 Å². The minimum absolute atomic E-state index is 0.0162. The molecule has 2 bridgehead atoms. The SMILES string of the molecule is C[C@H](NC(=O)Cn1nc(C(F)F)c(Br)c1C1CC1)[C@H]1C[C@H]2CC[C@H]1C2. The third-order valence-electron chi connectivity index (χ3n) is 6.24. The Morgan fingerprint density at radius 2 is 2.08 bits per heavy atom. The second-order valence-electron chi connectivity index (χ2n) is 8.01. The lowest BCUT2D eigenvalue weighted by atomic mass is 9.84. The largest absolute Gasteiger partial charge is 0.352 e. The van der Waals surface area contributed by atoms with E-state index in [2.05, 4.69) is 33.3 Å². The summed E-state index contributed by atoms with van der Waals surface area (Å²) in [6.07, 6.45) is 4.44. The first kappa shape index (κ1) is 17.4. The second-order valence-corrected chi connectivity index (χ2v) is 8.80. The number of hydrogen-bond acceptors (Lipinski definition) is 2. The Morgan fingerprint density at radius 3 is 2.64 bits per heavy atom. The molecular formula is C18H24BrF2N3O. The maximum absolute atomic E-state index is 13.1. The fourth-order valence-corrected chi connectivity index (χ4v) is 5.71.